The predicted octanol–water partition coefficient (Wildman–Crippen LogP) is 11.7. The monoisotopic (exact) mass is 1230 g/mol. The van der Waals surface area contributed by atoms with Crippen LogP contribution in [0.3, 0.4) is 0 Å². The van der Waals surface area contributed by atoms with Crippen LogP contribution in [0.25, 0.3) is 0 Å². The molecule has 8 rings (SSSR count). The third-order valence-electron chi connectivity index (χ3n) is 15.7. The van der Waals surface area contributed by atoms with Crippen molar-refractivity contribution >= 4 is 70.6 Å². The molecule has 0 aliphatic carbocycles. The van der Waals surface area contributed by atoms with Gasteiger partial charge in [-0.15, -0.1) is 0 Å². The van der Waals surface area contributed by atoms with Gasteiger partial charge in [-0.2, -0.15) is 0 Å². The minimum Gasteiger partial charge on any atom is -0.461 e. The number of amides is 6. The second-order valence-electron chi connectivity index (χ2n) is 22.4. The summed E-state index contributed by atoms with van der Waals surface area (Å²) in [7, 11) is 0. The first-order valence-electron chi connectivity index (χ1n) is 30.6. The molecule has 0 aromatic heterocycles. The lowest BCUT2D eigenvalue weighted by molar-refractivity contribution is -0.146. The summed E-state index contributed by atoms with van der Waals surface area (Å²) in [6.45, 7) is 2.97. The molecule has 0 unspecified atom stereocenters. The minimum atomic E-state index is -0.411. The molecule has 0 radical (unpaired) electrons. The molecular formula is C70H78Cl2N6O10. The van der Waals surface area contributed by atoms with Crippen LogP contribution >= 0.6 is 23.2 Å². The van der Waals surface area contributed by atoms with Crippen LogP contribution in [0.15, 0.2) is 133 Å². The van der Waals surface area contributed by atoms with Crippen LogP contribution in [0.1, 0.15) is 176 Å². The zero-order valence-electron chi connectivity index (χ0n) is 49.8. The first kappa shape index (κ1) is 65.6. The molecule has 4 N–H and O–H groups in total. The van der Waals surface area contributed by atoms with E-state index >= 15 is 0 Å². The second-order valence-corrected chi connectivity index (χ2v) is 23.3. The number of carbonyl (C=O) groups is 8. The van der Waals surface area contributed by atoms with Gasteiger partial charge in [0.15, 0.2) is 0 Å². The maximum atomic E-state index is 13.8. The number of hydrogen-bond donors (Lipinski definition) is 4. The van der Waals surface area contributed by atoms with Gasteiger partial charge in [-0.3, -0.25) is 38.4 Å². The van der Waals surface area contributed by atoms with Crippen molar-refractivity contribution in [1.29, 1.82) is 0 Å². The van der Waals surface area contributed by atoms with Gasteiger partial charge >= 0.3 is 11.9 Å². The Labute approximate surface area is 525 Å². The number of carbonyl (C=O) groups excluding carboxylic acids is 8. The van der Waals surface area contributed by atoms with E-state index in [1.165, 1.54) is 0 Å². The van der Waals surface area contributed by atoms with Crippen molar-refractivity contribution in [2.24, 2.45) is 0 Å². The Morgan fingerprint density at radius 1 is 0.352 bits per heavy atom. The topological polar surface area (TPSA) is 210 Å². The normalized spacial score (nSPS) is 12.2. The van der Waals surface area contributed by atoms with Crippen molar-refractivity contribution in [1.82, 2.24) is 31.1 Å². The van der Waals surface area contributed by atoms with E-state index in [0.717, 1.165) is 70.2 Å². The lowest BCUT2D eigenvalue weighted by atomic mass is 9.98. The fourth-order valence-electron chi connectivity index (χ4n) is 10.7. The van der Waals surface area contributed by atoms with Gasteiger partial charge in [0, 0.05) is 88.1 Å². The van der Waals surface area contributed by atoms with Gasteiger partial charge in [0.2, 0.25) is 11.8 Å². The van der Waals surface area contributed by atoms with E-state index in [0.29, 0.717) is 127 Å². The van der Waals surface area contributed by atoms with Crippen molar-refractivity contribution < 1.29 is 47.8 Å². The summed E-state index contributed by atoms with van der Waals surface area (Å²) < 4.78 is 10.8. The lowest BCUT2D eigenvalue weighted by Gasteiger charge is -2.15. The highest BCUT2D eigenvalue weighted by atomic mass is 35.5. The van der Waals surface area contributed by atoms with Gasteiger partial charge in [0.05, 0.1) is 22.3 Å². The van der Waals surface area contributed by atoms with Crippen molar-refractivity contribution in [3.63, 3.8) is 0 Å². The number of nitrogens with one attached hydrogen (secondary N) is 4. The Morgan fingerprint density at radius 3 is 1.00 bits per heavy atom. The van der Waals surface area contributed by atoms with Gasteiger partial charge in [-0.05, 0) is 144 Å². The van der Waals surface area contributed by atoms with E-state index in [-0.39, 0.29) is 72.1 Å². The molecule has 0 fully saturated rings. The number of nitrogens with zero attached hydrogens (tertiary/aromatic N) is 2. The largest absolute Gasteiger partial charge is 0.461 e. The summed E-state index contributed by atoms with van der Waals surface area (Å²) in [4.78, 5) is 110. The number of benzene rings is 6. The fraction of sp³-hybridized carbons (Fsp3) is 0.371. The molecule has 2 aliphatic heterocycles. The molecule has 88 heavy (non-hydrogen) atoms. The van der Waals surface area contributed by atoms with E-state index in [2.05, 4.69) is 21.3 Å². The van der Waals surface area contributed by atoms with E-state index in [1.807, 2.05) is 84.9 Å². The van der Waals surface area contributed by atoms with Gasteiger partial charge in [0.25, 0.3) is 23.6 Å². The molecule has 2 aliphatic rings. The van der Waals surface area contributed by atoms with Crippen LogP contribution in [-0.4, -0.2) is 83.4 Å². The fourth-order valence-corrected chi connectivity index (χ4v) is 11.0. The highest BCUT2D eigenvalue weighted by Gasteiger charge is 2.30. The summed E-state index contributed by atoms with van der Waals surface area (Å²) in [5.74, 6) is -2.24. The van der Waals surface area contributed by atoms with Gasteiger partial charge in [-0.1, -0.05) is 134 Å². The summed E-state index contributed by atoms with van der Waals surface area (Å²) in [6, 6.07) is 40.6. The van der Waals surface area contributed by atoms with E-state index in [9.17, 15) is 38.4 Å². The Kier molecular flexibility index (Phi) is 25.6. The first-order chi connectivity index (χ1) is 42.8. The molecular weight excluding hydrogens is 1160 g/mol. The highest BCUT2D eigenvalue weighted by Crippen LogP contribution is 2.30. The summed E-state index contributed by atoms with van der Waals surface area (Å²) in [6.07, 6.45) is 9.26. The van der Waals surface area contributed by atoms with Crippen molar-refractivity contribution in [3.8, 4) is 0 Å². The minimum absolute atomic E-state index is 0.00351. The van der Waals surface area contributed by atoms with Gasteiger partial charge < -0.3 is 40.5 Å². The van der Waals surface area contributed by atoms with Gasteiger partial charge in [0.1, 0.15) is 13.2 Å². The van der Waals surface area contributed by atoms with Crippen LogP contribution in [-0.2, 0) is 80.9 Å². The summed E-state index contributed by atoms with van der Waals surface area (Å²) in [5, 5.41) is 13.0. The molecule has 0 atom stereocenters. The third-order valence-corrected chi connectivity index (χ3v) is 16.2. The van der Waals surface area contributed by atoms with Crippen molar-refractivity contribution in [2.75, 3.05) is 26.2 Å². The number of fused-ring (bicyclic) bond motifs is 2. The number of hydrogen-bond acceptors (Lipinski definition) is 10. The van der Waals surface area contributed by atoms with E-state index < -0.39 is 23.6 Å². The maximum absolute atomic E-state index is 13.8. The van der Waals surface area contributed by atoms with Crippen LogP contribution in [0.2, 0.25) is 10.0 Å². The Hall–Kier alpha value is -8.34. The first-order valence-corrected chi connectivity index (χ1v) is 31.4. The summed E-state index contributed by atoms with van der Waals surface area (Å²) in [5.41, 5.74) is 7.97. The SMILES string of the molecule is O=C(CCCCNC(=O)c1cc2c(cc1C(=O)NCCc1ccc(Cl)cc1)CN(C(=O)CCCCCCCCC(=O)N1Cc3cc(C(=O)NCCCCC(=O)OCc4ccccc4)c(C(=O)NCCc4ccc(Cl)cc4)cc3C1)C2)OCc1ccccc1. The van der Waals surface area contributed by atoms with Crippen LogP contribution in [0.4, 0.5) is 0 Å². The number of esters is 2. The third kappa shape index (κ3) is 20.7. The maximum Gasteiger partial charge on any atom is 0.306 e. The predicted molar refractivity (Wildman–Crippen MR) is 338 cm³/mol. The highest BCUT2D eigenvalue weighted by molar-refractivity contribution is 6.30. The number of halogens is 2. The van der Waals surface area contributed by atoms with E-state index in [1.54, 1.807) is 58.3 Å². The molecule has 6 amide bonds. The van der Waals surface area contributed by atoms with Crippen LogP contribution < -0.4 is 21.3 Å². The molecule has 0 saturated heterocycles. The zero-order chi connectivity index (χ0) is 62.0. The van der Waals surface area contributed by atoms with Crippen molar-refractivity contribution in [2.45, 2.75) is 142 Å². The molecule has 0 bridgehead atoms. The molecule has 0 spiro atoms. The van der Waals surface area contributed by atoms with Gasteiger partial charge in [-0.25, -0.2) is 0 Å². The smallest absolute Gasteiger partial charge is 0.306 e. The average molecular weight is 1230 g/mol. The molecule has 462 valence electrons. The van der Waals surface area contributed by atoms with Crippen molar-refractivity contribution in [3.05, 3.63) is 210 Å². The quantitative estimate of drug-likeness (QED) is 0.0226. The molecule has 6 aromatic carbocycles. The zero-order valence-corrected chi connectivity index (χ0v) is 51.3. The standard InChI is InChI=1S/C70H78Cl2N6O10/c71-57-29-25-49(26-30-57)33-37-75-69(85)61-41-55-45-77(43-53(55)39-59(61)67(83)73-35-15-13-23-65(81)87-47-51-17-7-5-8-18-51)63(79)21-11-3-1-2-4-12-22-64(80)78-44-54-40-60(68(84)74-36-16-14-24-66(82)88-48-52-19-9-6-10-20-52)62(42-56(54)46-78)70(86)76-38-34-50-27-31-58(72)32-28-50/h5-10,17-20,25-32,39-42H,1-4,11-16,21-24,33-38,43-48H2,(H,73,83)(H,74,84)(H,75,85)(H,76,86). The lowest BCUT2D eigenvalue weighted by Crippen LogP contribution is -2.31. The Bertz CT molecular complexity index is 3140. The van der Waals surface area contributed by atoms with Crippen LogP contribution in [0, 0.1) is 0 Å². The molecule has 6 aromatic rings. The summed E-state index contributed by atoms with van der Waals surface area (Å²) >= 11 is 12.1. The second kappa shape index (κ2) is 34.3. The van der Waals surface area contributed by atoms with E-state index in [4.69, 9.17) is 32.7 Å². The molecule has 2 heterocycles. The molecule has 16 nitrogen and oxygen atoms in total. The molecule has 0 saturated carbocycles. The molecule has 18 heteroatoms. The Balaban J connectivity index is 0.759. The number of unbranched alkanes of at least 4 members (excludes halogenated alkanes) is 7. The van der Waals surface area contributed by atoms with Crippen LogP contribution in [0.5, 0.6) is 0 Å². The average Bonchev–Trinajstić information content (AvgIpc) is 2.18. The Morgan fingerprint density at radius 2 is 0.659 bits per heavy atom. The number of ether oxygens (including phenoxy) is 2. The number of rotatable bonds is 33.